The highest BCUT2D eigenvalue weighted by atomic mass is 35.5. The topological polar surface area (TPSA) is 92.3 Å². The van der Waals surface area contributed by atoms with Gasteiger partial charge in [0.15, 0.2) is 0 Å². The van der Waals surface area contributed by atoms with E-state index in [9.17, 15) is 13.2 Å². The number of benzene rings is 1. The first-order chi connectivity index (χ1) is 12.6. The van der Waals surface area contributed by atoms with Crippen LogP contribution in [0.25, 0.3) is 0 Å². The summed E-state index contributed by atoms with van der Waals surface area (Å²) in [6, 6.07) is 4.35. The first-order valence-electron chi connectivity index (χ1n) is 9.11. The van der Waals surface area contributed by atoms with Crippen LogP contribution in [0.15, 0.2) is 23.1 Å². The van der Waals surface area contributed by atoms with Crippen molar-refractivity contribution in [1.29, 1.82) is 0 Å². The molecule has 1 aliphatic rings. The maximum absolute atomic E-state index is 12.8. The fraction of sp³-hybridized carbons (Fsp3) is 0.611. The molecule has 2 rings (SSSR count). The predicted octanol–water partition coefficient (Wildman–Crippen LogP) is 0.843. The predicted molar refractivity (Wildman–Crippen MR) is 105 cm³/mol. The Morgan fingerprint density at radius 1 is 1.30 bits per heavy atom. The van der Waals surface area contributed by atoms with Crippen molar-refractivity contribution in [1.82, 2.24) is 9.62 Å². The van der Waals surface area contributed by atoms with Crippen molar-refractivity contribution in [3.63, 3.8) is 0 Å². The lowest BCUT2D eigenvalue weighted by molar-refractivity contribution is -0.717. The van der Waals surface area contributed by atoms with Gasteiger partial charge in [-0.1, -0.05) is 11.6 Å². The van der Waals surface area contributed by atoms with Crippen molar-refractivity contribution < 1.29 is 23.3 Å². The number of hydrogen-bond donors (Lipinski definition) is 2. The fourth-order valence-electron chi connectivity index (χ4n) is 2.71. The van der Waals surface area contributed by atoms with Crippen LogP contribution in [0, 0.1) is 0 Å². The lowest BCUT2D eigenvalue weighted by Gasteiger charge is -2.26. The van der Waals surface area contributed by atoms with Crippen LogP contribution in [0.5, 0.6) is 0 Å². The first-order valence-corrected chi connectivity index (χ1v) is 10.9. The minimum Gasteiger partial charge on any atom is -0.379 e. The van der Waals surface area contributed by atoms with Gasteiger partial charge in [0.05, 0.1) is 30.3 Å². The zero-order valence-electron chi connectivity index (χ0n) is 16.1. The molecule has 1 aromatic rings. The molecular weight excluding hydrogens is 390 g/mol. The van der Waals surface area contributed by atoms with E-state index in [2.05, 4.69) is 31.4 Å². The molecule has 0 aliphatic carbocycles. The van der Waals surface area contributed by atoms with Crippen LogP contribution in [0.1, 0.15) is 37.6 Å². The number of sulfonamides is 1. The minimum atomic E-state index is -3.76. The second-order valence-electron chi connectivity index (χ2n) is 7.63. The van der Waals surface area contributed by atoms with Crippen molar-refractivity contribution in [3.8, 4) is 0 Å². The molecule has 1 fully saturated rings. The number of ether oxygens (including phenoxy) is 1. The van der Waals surface area contributed by atoms with Crippen LogP contribution in [-0.4, -0.2) is 63.6 Å². The smallest absolute Gasteiger partial charge is 0.251 e. The van der Waals surface area contributed by atoms with Crippen molar-refractivity contribution in [2.45, 2.75) is 37.6 Å². The number of halogens is 1. The van der Waals surface area contributed by atoms with Crippen LogP contribution in [0.3, 0.4) is 0 Å². The molecule has 0 bridgehead atoms. The van der Waals surface area contributed by atoms with E-state index in [1.807, 2.05) is 0 Å². The van der Waals surface area contributed by atoms with E-state index in [0.29, 0.717) is 19.8 Å². The van der Waals surface area contributed by atoms with Gasteiger partial charge in [0, 0.05) is 31.6 Å². The third-order valence-electron chi connectivity index (χ3n) is 4.20. The standard InChI is InChI=1S/C18H28ClN3O4S/c1-18(2,3)21-8-4-7-20-17(23)14-5-6-15(19)16(13-14)27(24,25)22-9-11-26-12-10-22/h5-6,13,21H,4,7-12H2,1-3H3,(H,20,23)/p+1. The van der Waals surface area contributed by atoms with Crippen LogP contribution < -0.4 is 10.6 Å². The monoisotopic (exact) mass is 418 g/mol. The number of hydrogen-bond acceptors (Lipinski definition) is 4. The maximum atomic E-state index is 12.8. The third kappa shape index (κ3) is 6.43. The Labute approximate surface area is 166 Å². The zero-order chi connectivity index (χ0) is 20.1. The summed E-state index contributed by atoms with van der Waals surface area (Å²) in [6.45, 7) is 9.09. The van der Waals surface area contributed by atoms with Crippen molar-refractivity contribution in [3.05, 3.63) is 28.8 Å². The molecule has 0 saturated carbocycles. The van der Waals surface area contributed by atoms with Gasteiger partial charge in [0.2, 0.25) is 10.0 Å². The molecule has 0 atom stereocenters. The number of carbonyl (C=O) groups is 1. The normalized spacial score (nSPS) is 16.3. The Bertz CT molecular complexity index is 756. The van der Waals surface area contributed by atoms with Crippen molar-refractivity contribution >= 4 is 27.5 Å². The average molecular weight is 419 g/mol. The van der Waals surface area contributed by atoms with Crippen LogP contribution >= 0.6 is 11.6 Å². The summed E-state index contributed by atoms with van der Waals surface area (Å²) in [5.74, 6) is -0.305. The molecular formula is C18H29ClN3O4S+. The Morgan fingerprint density at radius 3 is 2.59 bits per heavy atom. The lowest BCUT2D eigenvalue weighted by Crippen LogP contribution is -2.94. The van der Waals surface area contributed by atoms with Gasteiger partial charge in [0.25, 0.3) is 5.91 Å². The van der Waals surface area contributed by atoms with Gasteiger partial charge in [-0.25, -0.2) is 8.42 Å². The van der Waals surface area contributed by atoms with Crippen molar-refractivity contribution in [2.24, 2.45) is 0 Å². The third-order valence-corrected chi connectivity index (χ3v) is 6.58. The molecule has 1 heterocycles. The summed E-state index contributed by atoms with van der Waals surface area (Å²) < 4.78 is 32.2. The highest BCUT2D eigenvalue weighted by Crippen LogP contribution is 2.26. The Morgan fingerprint density at radius 2 is 1.96 bits per heavy atom. The van der Waals surface area contributed by atoms with Gasteiger partial charge >= 0.3 is 0 Å². The Kier molecular flexibility index (Phi) is 7.64. The van der Waals surface area contributed by atoms with E-state index in [0.717, 1.165) is 13.0 Å². The molecule has 152 valence electrons. The summed E-state index contributed by atoms with van der Waals surface area (Å²) >= 11 is 6.12. The van der Waals surface area contributed by atoms with E-state index >= 15 is 0 Å². The molecule has 0 spiro atoms. The summed E-state index contributed by atoms with van der Waals surface area (Å²) in [7, 11) is -3.76. The molecule has 0 aromatic heterocycles. The van der Waals surface area contributed by atoms with Gasteiger partial charge in [-0.15, -0.1) is 0 Å². The molecule has 1 saturated heterocycles. The highest BCUT2D eigenvalue weighted by molar-refractivity contribution is 7.89. The van der Waals surface area contributed by atoms with E-state index in [4.69, 9.17) is 16.3 Å². The first kappa shape index (κ1) is 22.1. The largest absolute Gasteiger partial charge is 0.379 e. The fourth-order valence-corrected chi connectivity index (χ4v) is 4.62. The average Bonchev–Trinajstić information content (AvgIpc) is 2.61. The number of amides is 1. The molecule has 1 amide bonds. The van der Waals surface area contributed by atoms with Crippen molar-refractivity contribution in [2.75, 3.05) is 39.4 Å². The molecule has 1 aromatic carbocycles. The number of morpholine rings is 1. The van der Waals surface area contributed by atoms with Crippen LogP contribution in [0.4, 0.5) is 0 Å². The summed E-state index contributed by atoms with van der Waals surface area (Å²) in [5, 5.41) is 5.16. The summed E-state index contributed by atoms with van der Waals surface area (Å²) in [4.78, 5) is 12.3. The van der Waals surface area contributed by atoms with E-state index in [-0.39, 0.29) is 40.0 Å². The number of quaternary nitrogens is 1. The zero-order valence-corrected chi connectivity index (χ0v) is 17.7. The van der Waals surface area contributed by atoms with Gasteiger partial charge in [-0.05, 0) is 39.0 Å². The second-order valence-corrected chi connectivity index (χ2v) is 9.94. The highest BCUT2D eigenvalue weighted by Gasteiger charge is 2.29. The number of nitrogens with two attached hydrogens (primary N) is 1. The number of rotatable bonds is 7. The van der Waals surface area contributed by atoms with E-state index in [1.54, 1.807) is 0 Å². The number of nitrogens with zero attached hydrogens (tertiary/aromatic N) is 1. The molecule has 0 unspecified atom stereocenters. The maximum Gasteiger partial charge on any atom is 0.251 e. The van der Waals surface area contributed by atoms with E-state index in [1.165, 1.54) is 22.5 Å². The van der Waals surface area contributed by atoms with Gasteiger partial charge in [0.1, 0.15) is 4.90 Å². The molecule has 1 aliphatic heterocycles. The molecule has 7 nitrogen and oxygen atoms in total. The van der Waals surface area contributed by atoms with Crippen LogP contribution in [-0.2, 0) is 14.8 Å². The molecule has 0 radical (unpaired) electrons. The SMILES string of the molecule is CC(C)(C)[NH2+]CCCNC(=O)c1ccc(Cl)c(S(=O)(=O)N2CCOCC2)c1. The van der Waals surface area contributed by atoms with Gasteiger partial charge in [-0.3, -0.25) is 4.79 Å². The number of carbonyl (C=O) groups excluding carboxylic acids is 1. The van der Waals surface area contributed by atoms with Gasteiger partial charge < -0.3 is 15.4 Å². The quantitative estimate of drug-likeness (QED) is 0.642. The van der Waals surface area contributed by atoms with Crippen LogP contribution in [0.2, 0.25) is 5.02 Å². The Hall–Kier alpha value is -1.19. The summed E-state index contributed by atoms with van der Waals surface area (Å²) in [5.41, 5.74) is 0.439. The molecule has 3 N–H and O–H groups in total. The summed E-state index contributed by atoms with van der Waals surface area (Å²) in [6.07, 6.45) is 0.829. The minimum absolute atomic E-state index is 0.0419. The second kappa shape index (κ2) is 9.34. The molecule has 27 heavy (non-hydrogen) atoms. The molecule has 9 heteroatoms. The number of nitrogens with one attached hydrogen (secondary N) is 1. The lowest BCUT2D eigenvalue weighted by atomic mass is 10.1. The Balaban J connectivity index is 2.02. The van der Waals surface area contributed by atoms with E-state index < -0.39 is 10.0 Å². The van der Waals surface area contributed by atoms with Gasteiger partial charge in [-0.2, -0.15) is 4.31 Å².